The summed E-state index contributed by atoms with van der Waals surface area (Å²) in [4.78, 5) is 24.5. The van der Waals surface area contributed by atoms with Crippen LogP contribution in [0.3, 0.4) is 0 Å². The zero-order valence-corrected chi connectivity index (χ0v) is 23.6. The first kappa shape index (κ1) is 31.1. The third-order valence-electron chi connectivity index (χ3n) is 6.59. The summed E-state index contributed by atoms with van der Waals surface area (Å²) in [6.45, 7) is 4.22. The third kappa shape index (κ3) is 12.9. The molecular formula is C32H46N2O4. The number of methoxy groups -OCH3 is 1. The lowest BCUT2D eigenvalue weighted by atomic mass is 10.0. The number of carbonyl (C=O) groups excluding carboxylic acids is 2. The Balaban J connectivity index is 1.60. The van der Waals surface area contributed by atoms with Gasteiger partial charge < -0.3 is 9.47 Å². The third-order valence-corrected chi connectivity index (χ3v) is 6.59. The van der Waals surface area contributed by atoms with Gasteiger partial charge in [-0.25, -0.2) is 10.2 Å². The molecule has 0 atom stereocenters. The van der Waals surface area contributed by atoms with E-state index in [9.17, 15) is 9.59 Å². The van der Waals surface area contributed by atoms with Gasteiger partial charge >= 0.3 is 5.97 Å². The molecule has 6 nitrogen and oxygen atoms in total. The van der Waals surface area contributed by atoms with E-state index in [1.807, 2.05) is 19.1 Å². The lowest BCUT2D eigenvalue weighted by Gasteiger charge is -2.10. The highest BCUT2D eigenvalue weighted by atomic mass is 16.6. The van der Waals surface area contributed by atoms with E-state index in [1.54, 1.807) is 36.5 Å². The van der Waals surface area contributed by atoms with Crippen LogP contribution in [-0.2, 0) is 4.79 Å². The Bertz CT molecular complexity index is 985. The van der Waals surface area contributed by atoms with Gasteiger partial charge in [-0.2, -0.15) is 5.10 Å². The number of aryl methyl sites for hydroxylation is 1. The van der Waals surface area contributed by atoms with E-state index >= 15 is 0 Å². The molecule has 208 valence electrons. The van der Waals surface area contributed by atoms with E-state index in [1.165, 1.54) is 77.7 Å². The van der Waals surface area contributed by atoms with E-state index in [2.05, 4.69) is 17.5 Å². The number of nitrogens with one attached hydrogen (secondary N) is 1. The maximum Gasteiger partial charge on any atom is 0.343 e. The molecule has 2 aromatic carbocycles. The molecule has 0 spiro atoms. The molecule has 0 unspecified atom stereocenters. The topological polar surface area (TPSA) is 77.0 Å². The summed E-state index contributed by atoms with van der Waals surface area (Å²) >= 11 is 0. The van der Waals surface area contributed by atoms with Gasteiger partial charge in [0.05, 0.1) is 18.9 Å². The van der Waals surface area contributed by atoms with Gasteiger partial charge in [0.25, 0.3) is 0 Å². The number of amides is 1. The Morgan fingerprint density at radius 1 is 0.789 bits per heavy atom. The minimum atomic E-state index is -0.454. The lowest BCUT2D eigenvalue weighted by molar-refractivity contribution is -0.121. The van der Waals surface area contributed by atoms with E-state index in [-0.39, 0.29) is 5.91 Å². The van der Waals surface area contributed by atoms with Crippen molar-refractivity contribution in [2.24, 2.45) is 5.10 Å². The summed E-state index contributed by atoms with van der Waals surface area (Å²) < 4.78 is 10.9. The standard InChI is InChI=1S/C32H46N2O4/c1-4-5-6-7-8-9-10-11-12-13-14-15-16-17-31(35)34-33-25-27-20-23-29(30(24-27)37-3)38-32(36)28-21-18-26(2)19-22-28/h18-25H,4-17H2,1-3H3,(H,34,35). The van der Waals surface area contributed by atoms with Crippen LogP contribution in [0.25, 0.3) is 0 Å². The Morgan fingerprint density at radius 3 is 1.95 bits per heavy atom. The van der Waals surface area contributed by atoms with Gasteiger partial charge in [0.15, 0.2) is 11.5 Å². The Kier molecular flexibility index (Phi) is 15.5. The van der Waals surface area contributed by atoms with Crippen molar-refractivity contribution in [1.82, 2.24) is 5.43 Å². The number of ether oxygens (including phenoxy) is 2. The molecule has 1 N–H and O–H groups in total. The minimum Gasteiger partial charge on any atom is -0.493 e. The molecule has 0 bridgehead atoms. The Labute approximate surface area is 229 Å². The zero-order chi connectivity index (χ0) is 27.4. The molecule has 0 fully saturated rings. The fourth-order valence-corrected chi connectivity index (χ4v) is 4.24. The molecule has 38 heavy (non-hydrogen) atoms. The van der Waals surface area contributed by atoms with Crippen LogP contribution in [0.15, 0.2) is 47.6 Å². The van der Waals surface area contributed by atoms with Crippen LogP contribution in [0.2, 0.25) is 0 Å². The zero-order valence-electron chi connectivity index (χ0n) is 23.6. The summed E-state index contributed by atoms with van der Waals surface area (Å²) in [5, 5.41) is 4.06. The number of hydrogen-bond donors (Lipinski definition) is 1. The maximum absolute atomic E-state index is 12.4. The van der Waals surface area contributed by atoms with E-state index in [4.69, 9.17) is 9.47 Å². The number of benzene rings is 2. The van der Waals surface area contributed by atoms with Crippen LogP contribution < -0.4 is 14.9 Å². The molecule has 2 aromatic rings. The summed E-state index contributed by atoms with van der Waals surface area (Å²) in [5.74, 6) is 0.194. The van der Waals surface area contributed by atoms with Crippen LogP contribution in [0, 0.1) is 6.92 Å². The van der Waals surface area contributed by atoms with Crippen molar-refractivity contribution < 1.29 is 19.1 Å². The van der Waals surface area contributed by atoms with Gasteiger partial charge in [-0.05, 0) is 49.2 Å². The molecule has 2 rings (SSSR count). The normalized spacial score (nSPS) is 11.0. The summed E-state index contributed by atoms with van der Waals surface area (Å²) in [6.07, 6.45) is 18.7. The van der Waals surface area contributed by atoms with Crippen molar-refractivity contribution in [3.8, 4) is 11.5 Å². The van der Waals surface area contributed by atoms with Crippen molar-refractivity contribution in [3.05, 3.63) is 59.2 Å². The summed E-state index contributed by atoms with van der Waals surface area (Å²) in [5.41, 5.74) is 4.85. The average Bonchev–Trinajstić information content (AvgIpc) is 2.92. The number of esters is 1. The molecule has 1 amide bonds. The number of hydrazone groups is 1. The van der Waals surface area contributed by atoms with Crippen molar-refractivity contribution in [2.75, 3.05) is 7.11 Å². The largest absolute Gasteiger partial charge is 0.493 e. The first-order valence-corrected chi connectivity index (χ1v) is 14.3. The highest BCUT2D eigenvalue weighted by Gasteiger charge is 2.12. The summed E-state index contributed by atoms with van der Waals surface area (Å²) in [6, 6.07) is 12.3. The predicted molar refractivity (Wildman–Crippen MR) is 155 cm³/mol. The van der Waals surface area contributed by atoms with E-state index in [0.29, 0.717) is 23.5 Å². The Morgan fingerprint density at radius 2 is 1.37 bits per heavy atom. The average molecular weight is 523 g/mol. The number of carbonyl (C=O) groups is 2. The second kappa shape index (κ2) is 19.0. The molecule has 0 heterocycles. The molecule has 0 aromatic heterocycles. The second-order valence-electron chi connectivity index (χ2n) is 9.95. The molecule has 6 heteroatoms. The number of unbranched alkanes of at least 4 members (excludes halogenated alkanes) is 12. The minimum absolute atomic E-state index is 0.0834. The van der Waals surface area contributed by atoms with E-state index in [0.717, 1.165) is 24.0 Å². The lowest BCUT2D eigenvalue weighted by Crippen LogP contribution is -2.16. The molecule has 0 radical (unpaired) electrons. The van der Waals surface area contributed by atoms with E-state index < -0.39 is 5.97 Å². The fraction of sp³-hybridized carbons (Fsp3) is 0.531. The van der Waals surface area contributed by atoms with Crippen molar-refractivity contribution in [3.63, 3.8) is 0 Å². The first-order valence-electron chi connectivity index (χ1n) is 14.3. The van der Waals surface area contributed by atoms with Gasteiger partial charge in [-0.15, -0.1) is 0 Å². The molecule has 0 aliphatic carbocycles. The maximum atomic E-state index is 12.4. The van der Waals surface area contributed by atoms with Crippen molar-refractivity contribution >= 4 is 18.1 Å². The smallest absolute Gasteiger partial charge is 0.343 e. The number of rotatable bonds is 19. The van der Waals surface area contributed by atoms with Gasteiger partial charge in [0.2, 0.25) is 5.91 Å². The van der Waals surface area contributed by atoms with Gasteiger partial charge in [-0.1, -0.05) is 102 Å². The highest BCUT2D eigenvalue weighted by molar-refractivity contribution is 5.91. The van der Waals surface area contributed by atoms with Crippen molar-refractivity contribution in [1.29, 1.82) is 0 Å². The molecule has 0 saturated heterocycles. The molecule has 0 aliphatic rings. The van der Waals surface area contributed by atoms with Gasteiger partial charge in [0.1, 0.15) is 0 Å². The van der Waals surface area contributed by atoms with Crippen LogP contribution in [0.5, 0.6) is 11.5 Å². The van der Waals surface area contributed by atoms with Crippen LogP contribution in [0.1, 0.15) is 118 Å². The first-order chi connectivity index (χ1) is 18.5. The van der Waals surface area contributed by atoms with Gasteiger partial charge in [0, 0.05) is 6.42 Å². The quantitative estimate of drug-likeness (QED) is 0.0664. The summed E-state index contributed by atoms with van der Waals surface area (Å²) in [7, 11) is 1.51. The fourth-order valence-electron chi connectivity index (χ4n) is 4.24. The van der Waals surface area contributed by atoms with Crippen LogP contribution in [-0.4, -0.2) is 25.2 Å². The van der Waals surface area contributed by atoms with Gasteiger partial charge in [-0.3, -0.25) is 4.79 Å². The number of nitrogens with zero attached hydrogens (tertiary/aromatic N) is 1. The monoisotopic (exact) mass is 522 g/mol. The Hall–Kier alpha value is -3.15. The molecular weight excluding hydrogens is 476 g/mol. The van der Waals surface area contributed by atoms with Crippen LogP contribution >= 0.6 is 0 Å². The molecule has 0 aliphatic heterocycles. The predicted octanol–water partition coefficient (Wildman–Crippen LogP) is 8.15. The molecule has 0 saturated carbocycles. The SMILES string of the molecule is CCCCCCCCCCCCCCCC(=O)NN=Cc1ccc(OC(=O)c2ccc(C)cc2)c(OC)c1. The highest BCUT2D eigenvalue weighted by Crippen LogP contribution is 2.28. The van der Waals surface area contributed by atoms with Crippen LogP contribution in [0.4, 0.5) is 0 Å². The number of hydrogen-bond acceptors (Lipinski definition) is 5. The second-order valence-corrected chi connectivity index (χ2v) is 9.95. The van der Waals surface area contributed by atoms with Crippen molar-refractivity contribution in [2.45, 2.75) is 104 Å².